The molecule has 5 heteroatoms. The van der Waals surface area contributed by atoms with Crippen molar-refractivity contribution in [2.24, 2.45) is 0 Å². The van der Waals surface area contributed by atoms with Gasteiger partial charge in [-0.05, 0) is 43.2 Å². The number of aliphatic carboxylic acids is 1. The molecule has 3 rings (SSSR count). The van der Waals surface area contributed by atoms with Gasteiger partial charge in [0.05, 0.1) is 12.0 Å². The van der Waals surface area contributed by atoms with E-state index in [1.165, 1.54) is 0 Å². The van der Waals surface area contributed by atoms with Crippen molar-refractivity contribution in [1.82, 2.24) is 0 Å². The highest BCUT2D eigenvalue weighted by Gasteiger charge is 2.17. The Bertz CT molecular complexity index is 1060. The second kappa shape index (κ2) is 7.91. The lowest BCUT2D eigenvalue weighted by atomic mass is 10.0. The van der Waals surface area contributed by atoms with Crippen molar-refractivity contribution in [1.29, 1.82) is 0 Å². The van der Waals surface area contributed by atoms with Gasteiger partial charge >= 0.3 is 11.6 Å². The topological polar surface area (TPSA) is 76.7 Å². The van der Waals surface area contributed by atoms with Gasteiger partial charge in [-0.3, -0.25) is 4.79 Å². The van der Waals surface area contributed by atoms with Gasteiger partial charge in [0.25, 0.3) is 0 Å². The molecule has 0 radical (unpaired) electrons. The van der Waals surface area contributed by atoms with Crippen molar-refractivity contribution in [2.45, 2.75) is 20.3 Å². The molecule has 138 valence electrons. The van der Waals surface area contributed by atoms with Crippen LogP contribution in [0.2, 0.25) is 0 Å². The maximum Gasteiger partial charge on any atom is 0.340 e. The summed E-state index contributed by atoms with van der Waals surface area (Å²) in [4.78, 5) is 23.2. The number of carbonyl (C=O) groups is 1. The highest BCUT2D eigenvalue weighted by Crippen LogP contribution is 2.29. The summed E-state index contributed by atoms with van der Waals surface area (Å²) in [5.74, 6) is -0.444. The molecule has 0 aliphatic heterocycles. The molecule has 0 aliphatic carbocycles. The van der Waals surface area contributed by atoms with Gasteiger partial charge in [0.15, 0.2) is 0 Å². The minimum Gasteiger partial charge on any atom is -0.489 e. The first-order chi connectivity index (χ1) is 13.0. The van der Waals surface area contributed by atoms with Crippen LogP contribution in [0, 0.1) is 13.8 Å². The molecule has 0 bridgehead atoms. The van der Waals surface area contributed by atoms with Gasteiger partial charge in [-0.15, -0.1) is 0 Å². The number of ether oxygens (including phenoxy) is 1. The van der Waals surface area contributed by atoms with E-state index in [1.807, 2.05) is 55.5 Å². The molecular weight excluding hydrogens is 344 g/mol. The van der Waals surface area contributed by atoms with E-state index in [1.54, 1.807) is 13.0 Å². The summed E-state index contributed by atoms with van der Waals surface area (Å²) in [6, 6.07) is 13.5. The van der Waals surface area contributed by atoms with Crippen LogP contribution in [0.4, 0.5) is 0 Å². The Morgan fingerprint density at radius 1 is 1.11 bits per heavy atom. The zero-order valence-corrected chi connectivity index (χ0v) is 15.2. The number of rotatable bonds is 6. The summed E-state index contributed by atoms with van der Waals surface area (Å²) >= 11 is 0. The minimum atomic E-state index is -1.06. The molecule has 0 spiro atoms. The molecule has 0 unspecified atom stereocenters. The van der Waals surface area contributed by atoms with Crippen molar-refractivity contribution in [3.8, 4) is 5.75 Å². The molecule has 0 fully saturated rings. The maximum atomic E-state index is 12.2. The van der Waals surface area contributed by atoms with E-state index >= 15 is 0 Å². The van der Waals surface area contributed by atoms with Crippen LogP contribution in [0.25, 0.3) is 17.0 Å². The molecule has 3 aromatic rings. The smallest absolute Gasteiger partial charge is 0.340 e. The molecule has 0 aliphatic rings. The van der Waals surface area contributed by atoms with E-state index in [2.05, 4.69) is 0 Å². The first-order valence-electron chi connectivity index (χ1n) is 8.59. The van der Waals surface area contributed by atoms with Crippen molar-refractivity contribution < 1.29 is 19.1 Å². The molecule has 0 atom stereocenters. The van der Waals surface area contributed by atoms with Crippen LogP contribution < -0.4 is 10.4 Å². The number of benzene rings is 2. The molecule has 1 heterocycles. The second-order valence-corrected chi connectivity index (χ2v) is 6.25. The average Bonchev–Trinajstić information content (AvgIpc) is 2.65. The number of aryl methyl sites for hydroxylation is 2. The predicted molar refractivity (Wildman–Crippen MR) is 104 cm³/mol. The van der Waals surface area contributed by atoms with Crippen LogP contribution in [0.5, 0.6) is 5.75 Å². The molecule has 0 saturated carbocycles. The van der Waals surface area contributed by atoms with Crippen LogP contribution in [-0.4, -0.2) is 17.7 Å². The second-order valence-electron chi connectivity index (χ2n) is 6.25. The van der Waals surface area contributed by atoms with Gasteiger partial charge < -0.3 is 14.3 Å². The Hall–Kier alpha value is -3.34. The fourth-order valence-corrected chi connectivity index (χ4v) is 2.97. The number of carboxylic acid groups (broad SMARTS) is 1. The van der Waals surface area contributed by atoms with Gasteiger partial charge in [-0.25, -0.2) is 4.79 Å². The first kappa shape index (κ1) is 18.5. The molecule has 2 aromatic carbocycles. The molecular formula is C22H20O5. The Morgan fingerprint density at radius 3 is 2.56 bits per heavy atom. The highest BCUT2D eigenvalue weighted by atomic mass is 16.5. The third-order valence-corrected chi connectivity index (χ3v) is 4.43. The number of hydrogen-bond acceptors (Lipinski definition) is 4. The van der Waals surface area contributed by atoms with E-state index in [-0.39, 0.29) is 12.0 Å². The van der Waals surface area contributed by atoms with Gasteiger partial charge in [0.2, 0.25) is 0 Å². The lowest BCUT2D eigenvalue weighted by molar-refractivity contribution is -0.136. The quantitative estimate of drug-likeness (QED) is 0.666. The normalized spacial score (nSPS) is 11.2. The van der Waals surface area contributed by atoms with E-state index in [9.17, 15) is 9.59 Å². The molecule has 27 heavy (non-hydrogen) atoms. The van der Waals surface area contributed by atoms with Crippen LogP contribution in [0.15, 0.2) is 57.8 Å². The molecule has 5 nitrogen and oxygen atoms in total. The summed E-state index contributed by atoms with van der Waals surface area (Å²) in [7, 11) is 0. The molecule has 1 aromatic heterocycles. The Balaban J connectivity index is 1.86. The van der Waals surface area contributed by atoms with Gasteiger partial charge in [-0.1, -0.05) is 36.4 Å². The lowest BCUT2D eigenvalue weighted by Gasteiger charge is -2.12. The van der Waals surface area contributed by atoms with Crippen LogP contribution >= 0.6 is 0 Å². The van der Waals surface area contributed by atoms with Crippen molar-refractivity contribution >= 4 is 23.0 Å². The number of fused-ring (bicyclic) bond motifs is 1. The third kappa shape index (κ3) is 4.08. The van der Waals surface area contributed by atoms with Crippen LogP contribution in [0.1, 0.15) is 22.3 Å². The predicted octanol–water partition coefficient (Wildman–Crippen LogP) is 4.13. The van der Waals surface area contributed by atoms with Crippen LogP contribution in [0.3, 0.4) is 0 Å². The van der Waals surface area contributed by atoms with E-state index < -0.39 is 11.6 Å². The van der Waals surface area contributed by atoms with Gasteiger partial charge in [0, 0.05) is 10.9 Å². The SMILES string of the molecule is Cc1c(CC(=O)O)c(=O)oc2c(C)c(OC/C=C/c3ccccc3)ccc12. The third-order valence-electron chi connectivity index (χ3n) is 4.43. The van der Waals surface area contributed by atoms with E-state index in [4.69, 9.17) is 14.3 Å². The van der Waals surface area contributed by atoms with Gasteiger partial charge in [0.1, 0.15) is 17.9 Å². The zero-order chi connectivity index (χ0) is 19.4. The van der Waals surface area contributed by atoms with Crippen LogP contribution in [-0.2, 0) is 11.2 Å². The van der Waals surface area contributed by atoms with Crippen molar-refractivity contribution in [2.75, 3.05) is 6.61 Å². The standard InChI is InChI=1S/C22H20O5/c1-14-17-10-11-19(26-12-6-9-16-7-4-3-5-8-16)15(2)21(17)27-22(25)18(14)13-20(23)24/h3-11H,12-13H2,1-2H3,(H,23,24)/b9-6+. The van der Waals surface area contributed by atoms with Crippen molar-refractivity contribution in [3.63, 3.8) is 0 Å². The van der Waals surface area contributed by atoms with E-state index in [0.717, 1.165) is 10.9 Å². The number of carboxylic acids is 1. The maximum absolute atomic E-state index is 12.2. The fourth-order valence-electron chi connectivity index (χ4n) is 2.97. The lowest BCUT2D eigenvalue weighted by Crippen LogP contribution is -2.15. The largest absolute Gasteiger partial charge is 0.489 e. The molecule has 0 saturated heterocycles. The fraction of sp³-hybridized carbons (Fsp3) is 0.182. The minimum absolute atomic E-state index is 0.175. The summed E-state index contributed by atoms with van der Waals surface area (Å²) in [5.41, 5.74) is 2.41. The molecule has 0 amide bonds. The summed E-state index contributed by atoms with van der Waals surface area (Å²) in [6.45, 7) is 3.93. The highest BCUT2D eigenvalue weighted by molar-refractivity contribution is 5.86. The van der Waals surface area contributed by atoms with Gasteiger partial charge in [-0.2, -0.15) is 0 Å². The monoisotopic (exact) mass is 364 g/mol. The summed E-state index contributed by atoms with van der Waals surface area (Å²) in [5, 5.41) is 9.70. The Labute approximate surface area is 156 Å². The molecule has 1 N–H and O–H groups in total. The number of hydrogen-bond donors (Lipinski definition) is 1. The Kier molecular flexibility index (Phi) is 5.41. The zero-order valence-electron chi connectivity index (χ0n) is 15.2. The first-order valence-corrected chi connectivity index (χ1v) is 8.59. The Morgan fingerprint density at radius 2 is 1.85 bits per heavy atom. The van der Waals surface area contributed by atoms with E-state index in [0.29, 0.717) is 29.1 Å². The average molecular weight is 364 g/mol. The summed E-state index contributed by atoms with van der Waals surface area (Å²) < 4.78 is 11.2. The van der Waals surface area contributed by atoms with Crippen molar-refractivity contribution in [3.05, 3.63) is 81.2 Å². The summed E-state index contributed by atoms with van der Waals surface area (Å²) in [6.07, 6.45) is 3.53.